The molecule has 1 aromatic carbocycles. The Hall–Kier alpha value is -3.94. The fourth-order valence-electron chi connectivity index (χ4n) is 5.10. The number of nitrogens with one attached hydrogen (secondary N) is 2. The Balaban J connectivity index is 1.17. The maximum absolute atomic E-state index is 11.6. The number of carbonyl (C=O) groups is 1. The van der Waals surface area contributed by atoms with Crippen LogP contribution in [0.5, 0.6) is 0 Å². The van der Waals surface area contributed by atoms with Crippen molar-refractivity contribution in [3.05, 3.63) is 72.1 Å². The molecule has 0 bridgehead atoms. The lowest BCUT2D eigenvalue weighted by Gasteiger charge is -2.31. The van der Waals surface area contributed by atoms with Crippen molar-refractivity contribution in [3.63, 3.8) is 0 Å². The number of hydrogen-bond acceptors (Lipinski definition) is 6. The Bertz CT molecular complexity index is 1370. The van der Waals surface area contributed by atoms with Gasteiger partial charge in [0.1, 0.15) is 11.6 Å². The van der Waals surface area contributed by atoms with E-state index in [1.54, 1.807) is 6.92 Å². The molecule has 1 amide bonds. The predicted octanol–water partition coefficient (Wildman–Crippen LogP) is 4.95. The second-order valence-corrected chi connectivity index (χ2v) is 10.2. The van der Waals surface area contributed by atoms with Gasteiger partial charge in [-0.2, -0.15) is 9.61 Å². The van der Waals surface area contributed by atoms with E-state index in [1.807, 2.05) is 40.0 Å². The van der Waals surface area contributed by atoms with Gasteiger partial charge >= 0.3 is 0 Å². The zero-order chi connectivity index (χ0) is 25.2. The van der Waals surface area contributed by atoms with Crippen LogP contribution in [0.1, 0.15) is 49.7 Å². The van der Waals surface area contributed by atoms with Gasteiger partial charge in [0.05, 0.1) is 11.9 Å². The lowest BCUT2D eigenvalue weighted by molar-refractivity contribution is -0.130. The molecule has 8 heteroatoms. The van der Waals surface area contributed by atoms with Gasteiger partial charge in [0.25, 0.3) is 0 Å². The topological polar surface area (TPSA) is 87.5 Å². The first-order chi connectivity index (χ1) is 18.1. The van der Waals surface area contributed by atoms with Gasteiger partial charge in [0, 0.05) is 56.5 Å². The molecule has 3 aromatic heterocycles. The highest BCUT2D eigenvalue weighted by atomic mass is 16.2. The lowest BCUT2D eigenvalue weighted by atomic mass is 9.97. The molecular formula is C29H33N7O. The van der Waals surface area contributed by atoms with Crippen molar-refractivity contribution in [2.45, 2.75) is 45.1 Å². The van der Waals surface area contributed by atoms with E-state index in [0.717, 1.165) is 61.0 Å². The minimum Gasteiger partial charge on any atom is -0.370 e. The molecule has 4 aromatic rings. The third-order valence-corrected chi connectivity index (χ3v) is 7.54. The van der Waals surface area contributed by atoms with E-state index in [4.69, 9.17) is 4.98 Å². The SMILES string of the molecule is CC(=O)N1CCC(CNc2cc(NCc3ccc(-c4ccccn4)cc3)n3ncc(C4CC4)c3n2)CC1. The monoisotopic (exact) mass is 495 g/mol. The van der Waals surface area contributed by atoms with Crippen LogP contribution in [-0.2, 0) is 11.3 Å². The molecule has 0 unspecified atom stereocenters. The molecule has 0 atom stereocenters. The van der Waals surface area contributed by atoms with Crippen molar-refractivity contribution in [2.24, 2.45) is 5.92 Å². The van der Waals surface area contributed by atoms with Gasteiger partial charge in [-0.25, -0.2) is 4.98 Å². The molecule has 190 valence electrons. The number of fused-ring (bicyclic) bond motifs is 1. The van der Waals surface area contributed by atoms with Crippen LogP contribution in [0.3, 0.4) is 0 Å². The lowest BCUT2D eigenvalue weighted by Crippen LogP contribution is -2.38. The average Bonchev–Trinajstić information content (AvgIpc) is 3.70. The van der Waals surface area contributed by atoms with Crippen molar-refractivity contribution in [3.8, 4) is 11.3 Å². The standard InChI is InChI=1S/C29H33N7O/c1-20(37)35-14-11-22(12-15-35)17-31-27-16-28(36-29(34-27)25(19-33-36)23-9-10-23)32-18-21-5-7-24(8-6-21)26-4-2-3-13-30-26/h2-8,13,16,19,22-23,32H,9-12,14-15,17-18H2,1H3,(H,31,34). The number of pyridine rings is 1. The first kappa shape index (κ1) is 23.5. The fraction of sp³-hybridized carbons (Fsp3) is 0.379. The van der Waals surface area contributed by atoms with Gasteiger partial charge in [0.15, 0.2) is 5.65 Å². The molecule has 2 fully saturated rings. The summed E-state index contributed by atoms with van der Waals surface area (Å²) in [7, 11) is 0. The number of aromatic nitrogens is 4. The number of nitrogens with zero attached hydrogens (tertiary/aromatic N) is 5. The molecule has 1 saturated carbocycles. The van der Waals surface area contributed by atoms with Crippen molar-refractivity contribution >= 4 is 23.2 Å². The van der Waals surface area contributed by atoms with Crippen LogP contribution >= 0.6 is 0 Å². The number of anilines is 2. The maximum Gasteiger partial charge on any atom is 0.219 e. The third kappa shape index (κ3) is 5.28. The van der Waals surface area contributed by atoms with E-state index in [-0.39, 0.29) is 5.91 Å². The van der Waals surface area contributed by atoms with Crippen LogP contribution in [0.25, 0.3) is 16.9 Å². The van der Waals surface area contributed by atoms with Gasteiger partial charge < -0.3 is 15.5 Å². The van der Waals surface area contributed by atoms with Gasteiger partial charge in [-0.3, -0.25) is 9.78 Å². The molecule has 1 aliphatic carbocycles. The minimum atomic E-state index is 0.175. The van der Waals surface area contributed by atoms with Gasteiger partial charge in [-0.15, -0.1) is 0 Å². The van der Waals surface area contributed by atoms with Gasteiger partial charge in [-0.1, -0.05) is 30.3 Å². The Morgan fingerprint density at radius 2 is 1.84 bits per heavy atom. The highest BCUT2D eigenvalue weighted by Crippen LogP contribution is 2.42. The second kappa shape index (κ2) is 10.2. The molecular weight excluding hydrogens is 462 g/mol. The van der Waals surface area contributed by atoms with Crippen molar-refractivity contribution in [2.75, 3.05) is 30.3 Å². The highest BCUT2D eigenvalue weighted by Gasteiger charge is 2.28. The first-order valence-corrected chi connectivity index (χ1v) is 13.3. The van der Waals surface area contributed by atoms with E-state index < -0.39 is 0 Å². The van der Waals surface area contributed by atoms with Crippen LogP contribution in [0.15, 0.2) is 60.9 Å². The van der Waals surface area contributed by atoms with E-state index in [1.165, 1.54) is 24.0 Å². The van der Waals surface area contributed by atoms with E-state index >= 15 is 0 Å². The van der Waals surface area contributed by atoms with Crippen LogP contribution in [0, 0.1) is 5.92 Å². The van der Waals surface area contributed by atoms with E-state index in [0.29, 0.717) is 18.4 Å². The normalized spacial score (nSPS) is 16.2. The molecule has 4 heterocycles. The summed E-state index contributed by atoms with van der Waals surface area (Å²) in [6.07, 6.45) is 8.26. The third-order valence-electron chi connectivity index (χ3n) is 7.54. The summed E-state index contributed by atoms with van der Waals surface area (Å²) >= 11 is 0. The van der Waals surface area contributed by atoms with Crippen molar-refractivity contribution in [1.82, 2.24) is 24.5 Å². The molecule has 0 spiro atoms. The molecule has 1 saturated heterocycles. The Morgan fingerprint density at radius 1 is 1.03 bits per heavy atom. The number of rotatable bonds is 8. The number of hydrogen-bond donors (Lipinski definition) is 2. The van der Waals surface area contributed by atoms with Crippen LogP contribution in [0.2, 0.25) is 0 Å². The van der Waals surface area contributed by atoms with Gasteiger partial charge in [0.2, 0.25) is 5.91 Å². The number of amides is 1. The van der Waals surface area contributed by atoms with Crippen LogP contribution in [0.4, 0.5) is 11.6 Å². The number of likely N-dealkylation sites (tertiary alicyclic amines) is 1. The fourth-order valence-corrected chi connectivity index (χ4v) is 5.10. The minimum absolute atomic E-state index is 0.175. The number of benzene rings is 1. The predicted molar refractivity (Wildman–Crippen MR) is 145 cm³/mol. The van der Waals surface area contributed by atoms with Crippen LogP contribution in [-0.4, -0.2) is 50.0 Å². The summed E-state index contributed by atoms with van der Waals surface area (Å²) < 4.78 is 1.94. The summed E-state index contributed by atoms with van der Waals surface area (Å²) in [6.45, 7) is 4.88. The number of piperidine rings is 1. The molecule has 2 aliphatic rings. The maximum atomic E-state index is 11.6. The molecule has 1 aliphatic heterocycles. The second-order valence-electron chi connectivity index (χ2n) is 10.2. The Morgan fingerprint density at radius 3 is 2.54 bits per heavy atom. The summed E-state index contributed by atoms with van der Waals surface area (Å²) in [6, 6.07) is 16.5. The molecule has 8 nitrogen and oxygen atoms in total. The molecule has 0 radical (unpaired) electrons. The Labute approximate surface area is 217 Å². The smallest absolute Gasteiger partial charge is 0.219 e. The Kier molecular flexibility index (Phi) is 6.47. The molecule has 6 rings (SSSR count). The quantitative estimate of drug-likeness (QED) is 0.360. The number of carbonyl (C=O) groups excluding carboxylic acids is 1. The summed E-state index contributed by atoms with van der Waals surface area (Å²) in [5.41, 5.74) is 5.45. The van der Waals surface area contributed by atoms with E-state index in [2.05, 4.69) is 51.0 Å². The molecule has 2 N–H and O–H groups in total. The summed E-state index contributed by atoms with van der Waals surface area (Å²) in [4.78, 5) is 23.0. The first-order valence-electron chi connectivity index (χ1n) is 13.3. The highest BCUT2D eigenvalue weighted by molar-refractivity contribution is 5.73. The zero-order valence-electron chi connectivity index (χ0n) is 21.2. The average molecular weight is 496 g/mol. The van der Waals surface area contributed by atoms with E-state index in [9.17, 15) is 4.79 Å². The summed E-state index contributed by atoms with van der Waals surface area (Å²) in [5.74, 6) is 3.09. The molecule has 37 heavy (non-hydrogen) atoms. The largest absolute Gasteiger partial charge is 0.370 e. The van der Waals surface area contributed by atoms with Crippen molar-refractivity contribution in [1.29, 1.82) is 0 Å². The zero-order valence-corrected chi connectivity index (χ0v) is 21.2. The van der Waals surface area contributed by atoms with Gasteiger partial charge in [-0.05, 0) is 55.2 Å². The van der Waals surface area contributed by atoms with Crippen molar-refractivity contribution < 1.29 is 4.79 Å². The summed E-state index contributed by atoms with van der Waals surface area (Å²) in [5, 5.41) is 11.9. The van der Waals surface area contributed by atoms with Crippen LogP contribution < -0.4 is 10.6 Å².